The van der Waals surface area contributed by atoms with Crippen LogP contribution >= 0.6 is 11.3 Å². The summed E-state index contributed by atoms with van der Waals surface area (Å²) in [4.78, 5) is 15.5. The van der Waals surface area contributed by atoms with Gasteiger partial charge in [-0.05, 0) is 12.5 Å². The Kier molecular flexibility index (Phi) is 5.96. The van der Waals surface area contributed by atoms with Gasteiger partial charge in [-0.15, -0.1) is 16.8 Å². The van der Waals surface area contributed by atoms with E-state index in [9.17, 15) is 17.7 Å². The molecule has 0 aliphatic rings. The Hall–Kier alpha value is -2.36. The Morgan fingerprint density at radius 1 is 1.38 bits per heavy atom. The number of carbonyl (C=O) groups is 1. The molecule has 1 aromatic heterocycles. The number of thiazole rings is 1. The normalized spacial score (nSPS) is 11.7. The van der Waals surface area contributed by atoms with Gasteiger partial charge in [0.15, 0.2) is 0 Å². The number of hydrogen-bond acceptors (Lipinski definition) is 6. The largest absolute Gasteiger partial charge is 0.509 e. The molecule has 10 heteroatoms. The van der Waals surface area contributed by atoms with Crippen molar-refractivity contribution in [2.75, 3.05) is 12.0 Å². The predicted molar refractivity (Wildman–Crippen MR) is 88.8 cm³/mol. The number of rotatable bonds is 7. The number of ether oxygens (including phenoxy) is 1. The maximum atomic E-state index is 12.5. The summed E-state index contributed by atoms with van der Waals surface area (Å²) in [7, 11) is 0. The van der Waals surface area contributed by atoms with E-state index in [0.29, 0.717) is 23.0 Å². The highest BCUT2D eigenvalue weighted by atomic mass is 32.1. The van der Waals surface area contributed by atoms with Gasteiger partial charge in [-0.1, -0.05) is 24.3 Å². The van der Waals surface area contributed by atoms with E-state index >= 15 is 0 Å². The van der Waals surface area contributed by atoms with Crippen LogP contribution in [-0.4, -0.2) is 30.8 Å². The molecule has 0 atom stereocenters. The number of hydrazone groups is 1. The standard InChI is InChI=1S/C14H14BF3N3O2S/c1-2-23-13(22)7-12-9-24-14(20-12)21-19-8-10-3-5-11(6-4-10)15(16,17)18/h3-6,8-9H,2,7H2,1H3,(H,20,21)/q-1. The van der Waals surface area contributed by atoms with Gasteiger partial charge in [0.25, 0.3) is 0 Å². The fourth-order valence-electron chi connectivity index (χ4n) is 1.76. The van der Waals surface area contributed by atoms with Crippen LogP contribution in [0, 0.1) is 0 Å². The molecule has 1 aromatic carbocycles. The topological polar surface area (TPSA) is 63.6 Å². The Morgan fingerprint density at radius 2 is 2.08 bits per heavy atom. The fourth-order valence-corrected chi connectivity index (χ4v) is 2.42. The maximum absolute atomic E-state index is 12.5. The molecule has 0 saturated heterocycles. The van der Waals surface area contributed by atoms with Crippen molar-refractivity contribution in [3.63, 3.8) is 0 Å². The highest BCUT2D eigenvalue weighted by Gasteiger charge is 2.24. The van der Waals surface area contributed by atoms with Crippen molar-refractivity contribution < 1.29 is 22.5 Å². The van der Waals surface area contributed by atoms with Crippen molar-refractivity contribution in [3.8, 4) is 0 Å². The average molecular weight is 356 g/mol. The van der Waals surface area contributed by atoms with E-state index in [4.69, 9.17) is 4.74 Å². The number of benzene rings is 1. The van der Waals surface area contributed by atoms with Gasteiger partial charge in [-0.3, -0.25) is 10.2 Å². The molecule has 0 aliphatic heterocycles. The summed E-state index contributed by atoms with van der Waals surface area (Å²) < 4.78 is 42.4. The van der Waals surface area contributed by atoms with Gasteiger partial charge < -0.3 is 17.7 Å². The van der Waals surface area contributed by atoms with Crippen molar-refractivity contribution in [1.29, 1.82) is 0 Å². The summed E-state index contributed by atoms with van der Waals surface area (Å²) in [5.41, 5.74) is 3.11. The molecule has 0 amide bonds. The molecule has 0 radical (unpaired) electrons. The molecule has 0 aliphatic carbocycles. The third kappa shape index (κ3) is 5.37. The first-order chi connectivity index (χ1) is 11.4. The SMILES string of the molecule is CCOC(=O)Cc1csc(NN=Cc2ccc([B-](F)(F)F)cc2)n1. The molecule has 0 fully saturated rings. The lowest BCUT2D eigenvalue weighted by Crippen LogP contribution is -2.33. The molecule has 0 bridgehead atoms. The third-order valence-electron chi connectivity index (χ3n) is 2.87. The number of esters is 1. The van der Waals surface area contributed by atoms with E-state index in [-0.39, 0.29) is 12.4 Å². The van der Waals surface area contributed by atoms with Crippen LogP contribution in [-0.2, 0) is 16.0 Å². The van der Waals surface area contributed by atoms with E-state index in [2.05, 4.69) is 15.5 Å². The molecule has 24 heavy (non-hydrogen) atoms. The van der Waals surface area contributed by atoms with Gasteiger partial charge in [0.05, 0.1) is 24.9 Å². The summed E-state index contributed by atoms with van der Waals surface area (Å²) in [6.07, 6.45) is 1.47. The molecule has 128 valence electrons. The van der Waals surface area contributed by atoms with Crippen LogP contribution in [0.25, 0.3) is 0 Å². The molecular weight excluding hydrogens is 342 g/mol. The molecule has 0 unspecified atom stereocenters. The number of carbonyl (C=O) groups excluding carboxylic acids is 1. The molecule has 2 aromatic rings. The maximum Gasteiger partial charge on any atom is 0.509 e. The summed E-state index contributed by atoms with van der Waals surface area (Å²) in [5, 5.41) is 6.09. The van der Waals surface area contributed by atoms with Gasteiger partial charge in [0, 0.05) is 5.38 Å². The Labute approximate surface area is 140 Å². The van der Waals surface area contributed by atoms with Crippen LogP contribution in [0.3, 0.4) is 0 Å². The lowest BCUT2D eigenvalue weighted by Gasteiger charge is -2.14. The third-order valence-corrected chi connectivity index (χ3v) is 3.67. The minimum Gasteiger partial charge on any atom is -0.466 e. The van der Waals surface area contributed by atoms with E-state index in [1.165, 1.54) is 29.7 Å². The monoisotopic (exact) mass is 356 g/mol. The highest BCUT2D eigenvalue weighted by Crippen LogP contribution is 2.16. The van der Waals surface area contributed by atoms with Gasteiger partial charge >= 0.3 is 12.9 Å². The van der Waals surface area contributed by atoms with Gasteiger partial charge in [0.2, 0.25) is 5.13 Å². The first kappa shape index (κ1) is 18.0. The molecule has 0 saturated carbocycles. The molecule has 2 rings (SSSR count). The number of anilines is 1. The van der Waals surface area contributed by atoms with Crippen LogP contribution < -0.4 is 10.9 Å². The van der Waals surface area contributed by atoms with Crippen LogP contribution in [0.4, 0.5) is 18.1 Å². The second-order valence-corrected chi connectivity index (χ2v) is 5.60. The van der Waals surface area contributed by atoms with Gasteiger partial charge in [0.1, 0.15) is 0 Å². The van der Waals surface area contributed by atoms with Crippen LogP contribution in [0.2, 0.25) is 0 Å². The number of halogens is 3. The van der Waals surface area contributed by atoms with Crippen molar-refractivity contribution >= 4 is 41.1 Å². The zero-order valence-corrected chi connectivity index (χ0v) is 13.5. The predicted octanol–water partition coefficient (Wildman–Crippen LogP) is 2.75. The van der Waals surface area contributed by atoms with Crippen LogP contribution in [0.5, 0.6) is 0 Å². The van der Waals surface area contributed by atoms with Crippen LogP contribution in [0.15, 0.2) is 34.7 Å². The molecule has 1 N–H and O–H groups in total. The van der Waals surface area contributed by atoms with Crippen LogP contribution in [0.1, 0.15) is 18.2 Å². The van der Waals surface area contributed by atoms with Crippen molar-refractivity contribution in [1.82, 2.24) is 4.98 Å². The molecule has 5 nitrogen and oxygen atoms in total. The summed E-state index contributed by atoms with van der Waals surface area (Å²) in [6, 6.07) is 4.71. The van der Waals surface area contributed by atoms with Crippen molar-refractivity contribution in [2.24, 2.45) is 5.10 Å². The van der Waals surface area contributed by atoms with Gasteiger partial charge in [-0.25, -0.2) is 4.98 Å². The first-order valence-electron chi connectivity index (χ1n) is 7.07. The number of aromatic nitrogens is 1. The van der Waals surface area contributed by atoms with E-state index < -0.39 is 12.4 Å². The minimum absolute atomic E-state index is 0.0798. The number of nitrogens with one attached hydrogen (secondary N) is 1. The van der Waals surface area contributed by atoms with E-state index in [1.807, 2.05) is 0 Å². The second-order valence-electron chi connectivity index (χ2n) is 4.74. The summed E-state index contributed by atoms with van der Waals surface area (Å²) in [6.45, 7) is -2.95. The number of nitrogens with zero attached hydrogens (tertiary/aromatic N) is 2. The zero-order valence-electron chi connectivity index (χ0n) is 12.7. The van der Waals surface area contributed by atoms with E-state index in [0.717, 1.165) is 12.1 Å². The zero-order chi connectivity index (χ0) is 17.6. The minimum atomic E-state index is -4.99. The first-order valence-corrected chi connectivity index (χ1v) is 7.95. The Balaban J connectivity index is 1.90. The quantitative estimate of drug-likeness (QED) is 0.359. The lowest BCUT2D eigenvalue weighted by molar-refractivity contribution is -0.142. The Bertz CT molecular complexity index is 717. The average Bonchev–Trinajstić information content (AvgIpc) is 2.94. The molecular formula is C14H14BF3N3O2S-. The van der Waals surface area contributed by atoms with Crippen molar-refractivity contribution in [3.05, 3.63) is 40.9 Å². The molecule has 1 heterocycles. The summed E-state index contributed by atoms with van der Waals surface area (Å²) in [5.74, 6) is -0.357. The number of hydrogen-bond donors (Lipinski definition) is 1. The molecule has 0 spiro atoms. The Morgan fingerprint density at radius 3 is 2.71 bits per heavy atom. The second kappa shape index (κ2) is 7.96. The smallest absolute Gasteiger partial charge is 0.466 e. The fraction of sp³-hybridized carbons (Fsp3) is 0.214. The lowest BCUT2D eigenvalue weighted by atomic mass is 9.80. The van der Waals surface area contributed by atoms with Gasteiger partial charge in [-0.2, -0.15) is 5.10 Å². The highest BCUT2D eigenvalue weighted by molar-refractivity contribution is 7.13. The summed E-state index contributed by atoms with van der Waals surface area (Å²) >= 11 is 1.26. The van der Waals surface area contributed by atoms with Crippen molar-refractivity contribution in [2.45, 2.75) is 13.3 Å². The van der Waals surface area contributed by atoms with E-state index in [1.54, 1.807) is 12.3 Å².